The van der Waals surface area contributed by atoms with E-state index in [9.17, 15) is 9.90 Å². The summed E-state index contributed by atoms with van der Waals surface area (Å²) in [6.45, 7) is 11.6. The summed E-state index contributed by atoms with van der Waals surface area (Å²) in [6, 6.07) is 5.55. The molecule has 2 aliphatic rings. The fourth-order valence-electron chi connectivity index (χ4n) is 4.17. The van der Waals surface area contributed by atoms with Crippen LogP contribution in [0.1, 0.15) is 44.7 Å². The van der Waals surface area contributed by atoms with Gasteiger partial charge >= 0.3 is 0 Å². The van der Waals surface area contributed by atoms with Gasteiger partial charge in [0.15, 0.2) is 6.73 Å². The van der Waals surface area contributed by atoms with Crippen molar-refractivity contribution in [2.75, 3.05) is 19.9 Å². The molecule has 7 heteroatoms. The van der Waals surface area contributed by atoms with Crippen molar-refractivity contribution in [3.05, 3.63) is 57.9 Å². The molecule has 1 saturated heterocycles. The van der Waals surface area contributed by atoms with E-state index in [2.05, 4.69) is 49.1 Å². The van der Waals surface area contributed by atoms with Crippen molar-refractivity contribution >= 4 is 14.0 Å². The molecule has 33 heavy (non-hydrogen) atoms. The number of amides is 1. The fraction of sp³-hybridized carbons (Fsp3) is 0.462. The van der Waals surface area contributed by atoms with Crippen LogP contribution in [0.3, 0.4) is 0 Å². The van der Waals surface area contributed by atoms with Crippen LogP contribution >= 0.6 is 0 Å². The van der Waals surface area contributed by atoms with Crippen molar-refractivity contribution in [1.82, 2.24) is 9.88 Å². The van der Waals surface area contributed by atoms with E-state index < -0.39 is 20.2 Å². The van der Waals surface area contributed by atoms with Gasteiger partial charge in [-0.1, -0.05) is 31.6 Å². The average molecular weight is 465 g/mol. The molecule has 1 amide bonds. The predicted molar refractivity (Wildman–Crippen MR) is 130 cm³/mol. The number of carbonyl (C=O) groups is 1. The third-order valence-electron chi connectivity index (χ3n) is 6.26. The molecule has 174 valence electrons. The van der Waals surface area contributed by atoms with Gasteiger partial charge in [-0.3, -0.25) is 9.69 Å². The molecule has 0 bridgehead atoms. The number of carbonyl (C=O) groups excluding carboxylic acids is 1. The highest BCUT2D eigenvalue weighted by Crippen LogP contribution is 2.35. The molecular formula is C26H32N2O4Si. The van der Waals surface area contributed by atoms with Crippen LogP contribution in [0.15, 0.2) is 24.4 Å². The van der Waals surface area contributed by atoms with Crippen LogP contribution in [0.5, 0.6) is 5.75 Å². The van der Waals surface area contributed by atoms with E-state index in [-0.39, 0.29) is 12.6 Å². The third-order valence-corrected chi connectivity index (χ3v) is 7.14. The number of hydrogen-bond acceptors (Lipinski definition) is 5. The van der Waals surface area contributed by atoms with Crippen molar-refractivity contribution in [3.8, 4) is 17.2 Å². The number of rotatable bonds is 3. The Morgan fingerprint density at radius 2 is 2.03 bits per heavy atom. The van der Waals surface area contributed by atoms with Crippen LogP contribution in [0.4, 0.5) is 0 Å². The molecule has 2 aromatic rings. The molecule has 0 saturated carbocycles. The summed E-state index contributed by atoms with van der Waals surface area (Å²) in [5, 5.41) is 10.4. The fourth-order valence-corrected chi connectivity index (χ4v) is 4.67. The number of pyridine rings is 1. The van der Waals surface area contributed by atoms with E-state index in [0.717, 1.165) is 27.9 Å². The van der Waals surface area contributed by atoms with E-state index in [0.29, 0.717) is 37.4 Å². The minimum Gasteiger partial charge on any atom is -0.472 e. The quantitative estimate of drug-likeness (QED) is 0.556. The van der Waals surface area contributed by atoms with E-state index in [1.165, 1.54) is 0 Å². The summed E-state index contributed by atoms with van der Waals surface area (Å²) in [7, 11) is -1.44. The first-order chi connectivity index (χ1) is 15.6. The average Bonchev–Trinajstić information content (AvgIpc) is 2.77. The van der Waals surface area contributed by atoms with Crippen LogP contribution in [-0.4, -0.2) is 61.1 Å². The molecule has 3 heterocycles. The molecule has 0 aliphatic carbocycles. The van der Waals surface area contributed by atoms with Gasteiger partial charge in [0, 0.05) is 12.8 Å². The number of aliphatic hydroxyl groups excluding tert-OH is 1. The van der Waals surface area contributed by atoms with Crippen LogP contribution in [-0.2, 0) is 11.2 Å². The van der Waals surface area contributed by atoms with Gasteiger partial charge in [-0.05, 0) is 61.1 Å². The lowest BCUT2D eigenvalue weighted by atomic mass is 9.92. The molecule has 6 nitrogen and oxygen atoms in total. The highest BCUT2D eigenvalue weighted by atomic mass is 28.3. The summed E-state index contributed by atoms with van der Waals surface area (Å²) in [5.74, 6) is 3.70. The van der Waals surface area contributed by atoms with Gasteiger partial charge in [0.05, 0.1) is 24.3 Å². The van der Waals surface area contributed by atoms with E-state index in [1.54, 1.807) is 4.90 Å². The lowest BCUT2D eigenvalue weighted by molar-refractivity contribution is -0.0697. The van der Waals surface area contributed by atoms with Crippen molar-refractivity contribution < 1.29 is 19.4 Å². The van der Waals surface area contributed by atoms with Crippen molar-refractivity contribution in [2.24, 2.45) is 0 Å². The topological polar surface area (TPSA) is 71.9 Å². The van der Waals surface area contributed by atoms with Gasteiger partial charge in [-0.2, -0.15) is 0 Å². The van der Waals surface area contributed by atoms with E-state index in [1.807, 2.05) is 25.3 Å². The normalized spacial score (nSPS) is 20.5. The standard InChI is InChI=1S/C26H32N2O4Si/c1-17-18(2)25-22(26(30)28(16-32-25)23-15-31-10-8-24(23)29)13-20(17)12-19-6-7-21(27-14-19)9-11-33(3,4)5/h6-7,13-14,23-24,29H,8,10,12,15-16H2,1-5H3/t23-,24-/m0/s1. The Morgan fingerprint density at radius 3 is 2.70 bits per heavy atom. The smallest absolute Gasteiger partial charge is 0.260 e. The zero-order valence-corrected chi connectivity index (χ0v) is 21.1. The monoisotopic (exact) mass is 464 g/mol. The first-order valence-corrected chi connectivity index (χ1v) is 14.9. The number of aliphatic hydroxyl groups is 1. The Balaban J connectivity index is 1.59. The molecule has 2 atom stereocenters. The second-order valence-corrected chi connectivity index (χ2v) is 14.7. The largest absolute Gasteiger partial charge is 0.472 e. The molecule has 1 aromatic heterocycles. The molecular weight excluding hydrogens is 432 g/mol. The van der Waals surface area contributed by atoms with Crippen molar-refractivity contribution in [3.63, 3.8) is 0 Å². The summed E-state index contributed by atoms with van der Waals surface area (Å²) in [5.41, 5.74) is 8.88. The Hall–Kier alpha value is -2.66. The number of nitrogens with zero attached hydrogens (tertiary/aromatic N) is 2. The Bertz CT molecular complexity index is 1110. The highest BCUT2D eigenvalue weighted by Gasteiger charge is 2.37. The molecule has 1 fully saturated rings. The first-order valence-electron chi connectivity index (χ1n) is 11.4. The van der Waals surface area contributed by atoms with Crippen LogP contribution in [0.25, 0.3) is 0 Å². The molecule has 1 N–H and O–H groups in total. The second-order valence-electron chi connectivity index (χ2n) is 9.94. The maximum absolute atomic E-state index is 13.4. The molecule has 4 rings (SSSR count). The zero-order chi connectivity index (χ0) is 23.8. The Labute approximate surface area is 196 Å². The van der Waals surface area contributed by atoms with Gasteiger partial charge in [0.1, 0.15) is 19.5 Å². The van der Waals surface area contributed by atoms with Crippen LogP contribution < -0.4 is 4.74 Å². The van der Waals surface area contributed by atoms with Crippen LogP contribution in [0, 0.1) is 25.3 Å². The van der Waals surface area contributed by atoms with Gasteiger partial charge < -0.3 is 14.6 Å². The van der Waals surface area contributed by atoms with E-state index >= 15 is 0 Å². The van der Waals surface area contributed by atoms with Gasteiger partial charge in [0.25, 0.3) is 5.91 Å². The SMILES string of the molecule is Cc1c(Cc2ccc(C#C[Si](C)(C)C)nc2)cc2c(c1C)OCN([C@H]1COCC[C@@H]1O)C2=O. The Morgan fingerprint density at radius 1 is 1.24 bits per heavy atom. The number of benzene rings is 1. The summed E-state index contributed by atoms with van der Waals surface area (Å²) < 4.78 is 11.5. The highest BCUT2D eigenvalue weighted by molar-refractivity contribution is 6.83. The predicted octanol–water partition coefficient (Wildman–Crippen LogP) is 3.46. The lowest BCUT2D eigenvalue weighted by Gasteiger charge is -2.40. The lowest BCUT2D eigenvalue weighted by Crippen LogP contribution is -2.55. The van der Waals surface area contributed by atoms with Gasteiger partial charge in [-0.25, -0.2) is 4.98 Å². The van der Waals surface area contributed by atoms with E-state index in [4.69, 9.17) is 9.47 Å². The summed E-state index contributed by atoms with van der Waals surface area (Å²) in [6.07, 6.45) is 2.44. The van der Waals surface area contributed by atoms with Crippen LogP contribution in [0.2, 0.25) is 19.6 Å². The first kappa shape index (κ1) is 23.5. The molecule has 0 spiro atoms. The minimum absolute atomic E-state index is 0.120. The molecule has 2 aliphatic heterocycles. The number of ether oxygens (including phenoxy) is 2. The molecule has 1 aromatic carbocycles. The minimum atomic E-state index is -1.44. The van der Waals surface area contributed by atoms with Crippen molar-refractivity contribution in [2.45, 2.75) is 58.5 Å². The van der Waals surface area contributed by atoms with Gasteiger partial charge in [-0.15, -0.1) is 5.54 Å². The van der Waals surface area contributed by atoms with Crippen molar-refractivity contribution in [1.29, 1.82) is 0 Å². The third kappa shape index (κ3) is 5.14. The number of hydrogen-bond donors (Lipinski definition) is 1. The molecule has 0 radical (unpaired) electrons. The van der Waals surface area contributed by atoms with Gasteiger partial charge in [0.2, 0.25) is 0 Å². The Kier molecular flexibility index (Phi) is 6.62. The zero-order valence-electron chi connectivity index (χ0n) is 20.1. The maximum Gasteiger partial charge on any atom is 0.260 e. The number of aromatic nitrogens is 1. The summed E-state index contributed by atoms with van der Waals surface area (Å²) >= 11 is 0. The second kappa shape index (κ2) is 9.30. The number of fused-ring (bicyclic) bond motifs is 1. The maximum atomic E-state index is 13.4. The summed E-state index contributed by atoms with van der Waals surface area (Å²) in [4.78, 5) is 19.5. The molecule has 0 unspecified atom stereocenters.